The molecule has 0 unspecified atom stereocenters. The Morgan fingerprint density at radius 1 is 1.50 bits per heavy atom. The van der Waals surface area contributed by atoms with Gasteiger partial charge in [0, 0.05) is 37.5 Å². The number of nitrogens with zero attached hydrogens (tertiary/aromatic N) is 3. The summed E-state index contributed by atoms with van der Waals surface area (Å²) in [4.78, 5) is 18.5. The van der Waals surface area contributed by atoms with Crippen molar-refractivity contribution in [2.75, 3.05) is 13.1 Å². The Hall–Kier alpha value is -2.21. The number of aromatic nitrogens is 2. The molecule has 6 heteroatoms. The van der Waals surface area contributed by atoms with Gasteiger partial charge >= 0.3 is 0 Å². The quantitative estimate of drug-likeness (QED) is 0.843. The molecule has 3 rings (SSSR count). The van der Waals surface area contributed by atoms with Crippen LogP contribution >= 0.6 is 0 Å². The van der Waals surface area contributed by atoms with Crippen LogP contribution < -0.4 is 0 Å². The second kappa shape index (κ2) is 7.57. The third-order valence-electron chi connectivity index (χ3n) is 4.19. The predicted octanol–water partition coefficient (Wildman–Crippen LogP) is 3.01. The summed E-state index contributed by atoms with van der Waals surface area (Å²) in [5.41, 5.74) is 1.42. The van der Waals surface area contributed by atoms with Crippen LogP contribution in [0.1, 0.15) is 54.4 Å². The number of hydrogen-bond donors (Lipinski definition) is 0. The third kappa shape index (κ3) is 4.00. The van der Waals surface area contributed by atoms with E-state index in [0.29, 0.717) is 18.8 Å². The molecular weight excluding hydrogens is 306 g/mol. The van der Waals surface area contributed by atoms with Crippen LogP contribution in [0.25, 0.3) is 0 Å². The molecule has 1 aliphatic rings. The summed E-state index contributed by atoms with van der Waals surface area (Å²) in [5, 5.41) is 3.92. The molecule has 3 heterocycles. The van der Waals surface area contributed by atoms with Crippen LogP contribution in [0.15, 0.2) is 35.1 Å². The van der Waals surface area contributed by atoms with Gasteiger partial charge in [-0.25, -0.2) is 0 Å². The first-order chi connectivity index (χ1) is 11.6. The SMILES string of the molecule is CC(C)c1cc(C(=O)N2CCC[C@H](OCc3cccnc3)C2)no1. The average Bonchev–Trinajstić information content (AvgIpc) is 3.11. The summed E-state index contributed by atoms with van der Waals surface area (Å²) in [5.74, 6) is 0.871. The van der Waals surface area contributed by atoms with Gasteiger partial charge in [0.2, 0.25) is 0 Å². The van der Waals surface area contributed by atoms with E-state index in [0.717, 1.165) is 30.7 Å². The second-order valence-corrected chi connectivity index (χ2v) is 6.46. The molecule has 0 aromatic carbocycles. The van der Waals surface area contributed by atoms with E-state index in [1.165, 1.54) is 0 Å². The van der Waals surface area contributed by atoms with Crippen LogP contribution in [0.4, 0.5) is 0 Å². The molecule has 2 aromatic heterocycles. The maximum atomic E-state index is 12.6. The predicted molar refractivity (Wildman–Crippen MR) is 88.5 cm³/mol. The van der Waals surface area contributed by atoms with Crippen molar-refractivity contribution in [3.05, 3.63) is 47.6 Å². The number of piperidine rings is 1. The molecule has 0 bridgehead atoms. The fourth-order valence-corrected chi connectivity index (χ4v) is 2.78. The van der Waals surface area contributed by atoms with Crippen LogP contribution in [0.2, 0.25) is 0 Å². The minimum absolute atomic E-state index is 0.0411. The molecule has 0 radical (unpaired) electrons. The average molecular weight is 329 g/mol. The number of ether oxygens (including phenoxy) is 1. The Kier molecular flexibility index (Phi) is 5.25. The minimum atomic E-state index is -0.0830. The number of carbonyl (C=O) groups is 1. The van der Waals surface area contributed by atoms with Crippen LogP contribution in [-0.4, -0.2) is 40.1 Å². The summed E-state index contributed by atoms with van der Waals surface area (Å²) < 4.78 is 11.2. The minimum Gasteiger partial charge on any atom is -0.372 e. The molecule has 1 saturated heterocycles. The van der Waals surface area contributed by atoms with Crippen molar-refractivity contribution in [3.8, 4) is 0 Å². The highest BCUT2D eigenvalue weighted by Crippen LogP contribution is 2.20. The Bertz CT molecular complexity index is 669. The lowest BCUT2D eigenvalue weighted by molar-refractivity contribution is -0.00707. The first-order valence-corrected chi connectivity index (χ1v) is 8.40. The van der Waals surface area contributed by atoms with Crippen molar-refractivity contribution >= 4 is 5.91 Å². The van der Waals surface area contributed by atoms with Crippen molar-refractivity contribution in [1.29, 1.82) is 0 Å². The molecule has 0 N–H and O–H groups in total. The van der Waals surface area contributed by atoms with Gasteiger partial charge in [0.05, 0.1) is 12.7 Å². The zero-order chi connectivity index (χ0) is 16.9. The van der Waals surface area contributed by atoms with Crippen LogP contribution in [-0.2, 0) is 11.3 Å². The summed E-state index contributed by atoms with van der Waals surface area (Å²) in [7, 11) is 0. The van der Waals surface area contributed by atoms with Crippen molar-refractivity contribution in [2.24, 2.45) is 0 Å². The molecule has 2 aromatic rings. The van der Waals surface area contributed by atoms with E-state index < -0.39 is 0 Å². The van der Waals surface area contributed by atoms with E-state index in [4.69, 9.17) is 9.26 Å². The number of amides is 1. The fourth-order valence-electron chi connectivity index (χ4n) is 2.78. The lowest BCUT2D eigenvalue weighted by Crippen LogP contribution is -2.43. The molecule has 1 atom stereocenters. The lowest BCUT2D eigenvalue weighted by Gasteiger charge is -2.32. The summed E-state index contributed by atoms with van der Waals surface area (Å²) in [6.07, 6.45) is 5.47. The van der Waals surface area contributed by atoms with E-state index in [1.54, 1.807) is 23.4 Å². The number of hydrogen-bond acceptors (Lipinski definition) is 5. The highest BCUT2D eigenvalue weighted by molar-refractivity contribution is 5.92. The van der Waals surface area contributed by atoms with Gasteiger partial charge in [-0.2, -0.15) is 0 Å². The van der Waals surface area contributed by atoms with Crippen molar-refractivity contribution < 1.29 is 14.1 Å². The molecule has 0 spiro atoms. The largest absolute Gasteiger partial charge is 0.372 e. The van der Waals surface area contributed by atoms with E-state index in [2.05, 4.69) is 10.1 Å². The summed E-state index contributed by atoms with van der Waals surface area (Å²) in [6.45, 7) is 5.86. The Morgan fingerprint density at radius 3 is 3.08 bits per heavy atom. The molecule has 0 saturated carbocycles. The number of carbonyl (C=O) groups excluding carboxylic acids is 1. The van der Waals surface area contributed by atoms with Crippen LogP contribution in [0.5, 0.6) is 0 Å². The zero-order valence-electron chi connectivity index (χ0n) is 14.1. The highest BCUT2D eigenvalue weighted by atomic mass is 16.5. The third-order valence-corrected chi connectivity index (χ3v) is 4.19. The Balaban J connectivity index is 1.57. The molecule has 0 aliphatic carbocycles. The number of rotatable bonds is 5. The molecule has 1 fully saturated rings. The van der Waals surface area contributed by atoms with Crippen molar-refractivity contribution in [3.63, 3.8) is 0 Å². The monoisotopic (exact) mass is 329 g/mol. The maximum absolute atomic E-state index is 12.6. The van der Waals surface area contributed by atoms with E-state index in [9.17, 15) is 4.79 Å². The van der Waals surface area contributed by atoms with Gasteiger partial charge < -0.3 is 14.2 Å². The second-order valence-electron chi connectivity index (χ2n) is 6.46. The van der Waals surface area contributed by atoms with E-state index in [1.807, 2.05) is 26.0 Å². The first kappa shape index (κ1) is 16.6. The molecule has 1 amide bonds. The highest BCUT2D eigenvalue weighted by Gasteiger charge is 2.27. The molecule has 6 nitrogen and oxygen atoms in total. The van der Waals surface area contributed by atoms with E-state index >= 15 is 0 Å². The van der Waals surface area contributed by atoms with Gasteiger partial charge in [-0.05, 0) is 24.5 Å². The Morgan fingerprint density at radius 2 is 2.38 bits per heavy atom. The molecular formula is C18H23N3O3. The topological polar surface area (TPSA) is 68.5 Å². The standard InChI is InChI=1S/C18H23N3O3/c1-13(2)17-9-16(20-24-17)18(22)21-8-4-6-15(11-21)23-12-14-5-3-7-19-10-14/h3,5,7,9-10,13,15H,4,6,8,11-12H2,1-2H3/t15-/m0/s1. The summed E-state index contributed by atoms with van der Waals surface area (Å²) >= 11 is 0. The van der Waals surface area contributed by atoms with Gasteiger partial charge in [0.15, 0.2) is 5.69 Å². The smallest absolute Gasteiger partial charge is 0.276 e. The van der Waals surface area contributed by atoms with Crippen LogP contribution in [0, 0.1) is 0 Å². The van der Waals surface area contributed by atoms with Gasteiger partial charge in [0.25, 0.3) is 5.91 Å². The van der Waals surface area contributed by atoms with Gasteiger partial charge in [0.1, 0.15) is 5.76 Å². The van der Waals surface area contributed by atoms with Gasteiger partial charge in [-0.15, -0.1) is 0 Å². The fraction of sp³-hybridized carbons (Fsp3) is 0.500. The van der Waals surface area contributed by atoms with Crippen molar-refractivity contribution in [2.45, 2.75) is 45.3 Å². The van der Waals surface area contributed by atoms with Gasteiger partial charge in [-0.3, -0.25) is 9.78 Å². The number of pyridine rings is 1. The lowest BCUT2D eigenvalue weighted by atomic mass is 10.1. The number of likely N-dealkylation sites (tertiary alicyclic amines) is 1. The van der Waals surface area contributed by atoms with Gasteiger partial charge in [-0.1, -0.05) is 25.1 Å². The first-order valence-electron chi connectivity index (χ1n) is 8.40. The van der Waals surface area contributed by atoms with Crippen molar-refractivity contribution in [1.82, 2.24) is 15.0 Å². The molecule has 128 valence electrons. The van der Waals surface area contributed by atoms with Crippen LogP contribution in [0.3, 0.4) is 0 Å². The maximum Gasteiger partial charge on any atom is 0.276 e. The molecule has 1 aliphatic heterocycles. The Labute approximate surface area is 141 Å². The molecule has 24 heavy (non-hydrogen) atoms. The summed E-state index contributed by atoms with van der Waals surface area (Å²) in [6, 6.07) is 5.63. The van der Waals surface area contributed by atoms with E-state index in [-0.39, 0.29) is 17.9 Å². The normalized spacial score (nSPS) is 18.1. The zero-order valence-corrected chi connectivity index (χ0v) is 14.1.